The van der Waals surface area contributed by atoms with Gasteiger partial charge in [-0.1, -0.05) is 6.07 Å². The Morgan fingerprint density at radius 2 is 2.22 bits per heavy atom. The lowest BCUT2D eigenvalue weighted by Crippen LogP contribution is -2.32. The third-order valence-electron chi connectivity index (χ3n) is 4.97. The molecule has 1 aliphatic rings. The summed E-state index contributed by atoms with van der Waals surface area (Å²) in [5, 5.41) is 21.3. The van der Waals surface area contributed by atoms with E-state index in [1.165, 1.54) is 0 Å². The number of nitrogens with zero attached hydrogens (tertiary/aromatic N) is 2. The second-order valence-corrected chi connectivity index (χ2v) is 7.22. The summed E-state index contributed by atoms with van der Waals surface area (Å²) >= 11 is 0. The van der Waals surface area contributed by atoms with Crippen LogP contribution in [0, 0.1) is 5.92 Å². The highest BCUT2D eigenvalue weighted by Gasteiger charge is 2.28. The van der Waals surface area contributed by atoms with Gasteiger partial charge in [0.2, 0.25) is 5.91 Å². The van der Waals surface area contributed by atoms with E-state index in [9.17, 15) is 9.59 Å². The second kappa shape index (κ2) is 8.66. The van der Waals surface area contributed by atoms with Gasteiger partial charge in [-0.3, -0.25) is 14.9 Å². The number of pyridine rings is 1. The van der Waals surface area contributed by atoms with Crippen LogP contribution in [0.25, 0.3) is 0 Å². The minimum Gasteiger partial charge on any atom is -0.465 e. The van der Waals surface area contributed by atoms with Crippen molar-refractivity contribution < 1.29 is 14.7 Å². The van der Waals surface area contributed by atoms with Crippen LogP contribution in [0.4, 0.5) is 10.6 Å². The predicted octanol–water partition coefficient (Wildman–Crippen LogP) is 2.92. The summed E-state index contributed by atoms with van der Waals surface area (Å²) in [6.07, 6.45) is 4.84. The Labute approximate surface area is 157 Å². The van der Waals surface area contributed by atoms with Crippen LogP contribution in [0.3, 0.4) is 0 Å². The van der Waals surface area contributed by atoms with Crippen LogP contribution in [0.1, 0.15) is 49.9 Å². The molecule has 0 aromatic carbocycles. The van der Waals surface area contributed by atoms with Crippen molar-refractivity contribution in [2.24, 2.45) is 5.92 Å². The topological polar surface area (TPSA) is 120 Å². The Morgan fingerprint density at radius 3 is 2.96 bits per heavy atom. The number of aromatic amines is 1. The van der Waals surface area contributed by atoms with Crippen LogP contribution >= 0.6 is 0 Å². The predicted molar refractivity (Wildman–Crippen MR) is 100 cm³/mol. The van der Waals surface area contributed by atoms with Crippen molar-refractivity contribution in [1.82, 2.24) is 20.5 Å². The molecule has 3 atom stereocenters. The summed E-state index contributed by atoms with van der Waals surface area (Å²) in [5.74, 6) is 1.23. The monoisotopic (exact) mass is 371 g/mol. The van der Waals surface area contributed by atoms with Gasteiger partial charge in [0.25, 0.3) is 0 Å². The zero-order valence-corrected chi connectivity index (χ0v) is 15.3. The molecule has 0 aliphatic heterocycles. The lowest BCUT2D eigenvalue weighted by atomic mass is 9.96. The Hall–Kier alpha value is -2.90. The third-order valence-corrected chi connectivity index (χ3v) is 4.97. The van der Waals surface area contributed by atoms with Gasteiger partial charge < -0.3 is 15.7 Å². The number of amides is 2. The summed E-state index contributed by atoms with van der Waals surface area (Å²) in [5.41, 5.74) is 1.73. The van der Waals surface area contributed by atoms with Crippen molar-refractivity contribution in [1.29, 1.82) is 0 Å². The van der Waals surface area contributed by atoms with Crippen LogP contribution in [-0.4, -0.2) is 38.3 Å². The molecule has 0 bridgehead atoms. The molecule has 0 radical (unpaired) electrons. The van der Waals surface area contributed by atoms with Gasteiger partial charge in [-0.2, -0.15) is 5.10 Å². The number of hydrogen-bond acceptors (Lipinski definition) is 4. The first-order chi connectivity index (χ1) is 13.0. The minimum atomic E-state index is -0.975. The second-order valence-electron chi connectivity index (χ2n) is 7.22. The van der Waals surface area contributed by atoms with E-state index < -0.39 is 6.09 Å². The number of carbonyl (C=O) groups is 2. The van der Waals surface area contributed by atoms with E-state index in [0.717, 1.165) is 31.4 Å². The standard InChI is InChI=1S/C19H25N5O3/c1-12(21-19(26)27)8-13-5-6-14(9-13)16-11-17(24-23-16)22-18(25)10-15-4-2-3-7-20-15/h2-4,7,11-14,21H,5-6,8-10H2,1H3,(H,26,27)(H2,22,23,24,25)/t12?,13-,14-/m0/s1. The smallest absolute Gasteiger partial charge is 0.404 e. The average Bonchev–Trinajstić information content (AvgIpc) is 3.24. The van der Waals surface area contributed by atoms with Gasteiger partial charge in [0.15, 0.2) is 5.82 Å². The Balaban J connectivity index is 1.49. The Morgan fingerprint density at radius 1 is 1.37 bits per heavy atom. The molecule has 0 spiro atoms. The van der Waals surface area contributed by atoms with E-state index >= 15 is 0 Å². The fourth-order valence-corrected chi connectivity index (χ4v) is 3.81. The lowest BCUT2D eigenvalue weighted by molar-refractivity contribution is -0.115. The van der Waals surface area contributed by atoms with E-state index in [2.05, 4.69) is 25.8 Å². The number of carbonyl (C=O) groups excluding carboxylic acids is 1. The quantitative estimate of drug-likeness (QED) is 0.596. The number of H-pyrrole nitrogens is 1. The highest BCUT2D eigenvalue weighted by molar-refractivity contribution is 5.91. The number of carboxylic acid groups (broad SMARTS) is 1. The summed E-state index contributed by atoms with van der Waals surface area (Å²) in [6.45, 7) is 1.90. The fraction of sp³-hybridized carbons (Fsp3) is 0.474. The molecule has 8 heteroatoms. The van der Waals surface area contributed by atoms with Gasteiger partial charge in [0, 0.05) is 35.6 Å². The molecular formula is C19H25N5O3. The molecule has 2 aromatic rings. The summed E-state index contributed by atoms with van der Waals surface area (Å²) in [4.78, 5) is 27.0. The molecule has 27 heavy (non-hydrogen) atoms. The lowest BCUT2D eigenvalue weighted by Gasteiger charge is -2.16. The molecule has 0 saturated heterocycles. The zero-order chi connectivity index (χ0) is 19.2. The van der Waals surface area contributed by atoms with E-state index in [1.807, 2.05) is 31.2 Å². The van der Waals surface area contributed by atoms with Crippen molar-refractivity contribution in [3.05, 3.63) is 41.9 Å². The average molecular weight is 371 g/mol. The molecule has 2 aromatic heterocycles. The Kier molecular flexibility index (Phi) is 6.05. The van der Waals surface area contributed by atoms with Crippen molar-refractivity contribution in [2.75, 3.05) is 5.32 Å². The van der Waals surface area contributed by atoms with Crippen molar-refractivity contribution in [2.45, 2.75) is 51.0 Å². The van der Waals surface area contributed by atoms with Crippen LogP contribution in [0.2, 0.25) is 0 Å². The molecule has 1 saturated carbocycles. The number of aromatic nitrogens is 3. The molecule has 2 heterocycles. The van der Waals surface area contributed by atoms with Crippen LogP contribution in [0.15, 0.2) is 30.5 Å². The summed E-state index contributed by atoms with van der Waals surface area (Å²) < 4.78 is 0. The maximum Gasteiger partial charge on any atom is 0.404 e. The van der Waals surface area contributed by atoms with Crippen molar-refractivity contribution in [3.8, 4) is 0 Å². The summed E-state index contributed by atoms with van der Waals surface area (Å²) in [6, 6.07) is 7.33. The highest BCUT2D eigenvalue weighted by atomic mass is 16.4. The van der Waals surface area contributed by atoms with Gasteiger partial charge in [-0.25, -0.2) is 4.79 Å². The van der Waals surface area contributed by atoms with Crippen molar-refractivity contribution >= 4 is 17.8 Å². The first-order valence-corrected chi connectivity index (χ1v) is 9.24. The molecule has 1 aliphatic carbocycles. The van der Waals surface area contributed by atoms with Crippen LogP contribution < -0.4 is 10.6 Å². The normalized spacial score (nSPS) is 20.2. The molecule has 4 N–H and O–H groups in total. The van der Waals surface area contributed by atoms with Gasteiger partial charge in [-0.15, -0.1) is 0 Å². The van der Waals surface area contributed by atoms with E-state index in [0.29, 0.717) is 23.3 Å². The molecule has 1 fully saturated rings. The van der Waals surface area contributed by atoms with E-state index in [-0.39, 0.29) is 18.4 Å². The zero-order valence-electron chi connectivity index (χ0n) is 15.3. The first kappa shape index (κ1) is 18.9. The number of rotatable bonds is 7. The number of anilines is 1. The third kappa shape index (κ3) is 5.54. The molecule has 2 amide bonds. The fourth-order valence-electron chi connectivity index (χ4n) is 3.81. The van der Waals surface area contributed by atoms with Gasteiger partial charge in [0.05, 0.1) is 6.42 Å². The number of nitrogens with one attached hydrogen (secondary N) is 3. The largest absolute Gasteiger partial charge is 0.465 e. The highest BCUT2D eigenvalue weighted by Crippen LogP contribution is 2.40. The Bertz CT molecular complexity index is 777. The molecule has 144 valence electrons. The van der Waals surface area contributed by atoms with Gasteiger partial charge in [-0.05, 0) is 50.7 Å². The maximum atomic E-state index is 12.1. The van der Waals surface area contributed by atoms with Crippen LogP contribution in [-0.2, 0) is 11.2 Å². The molecular weight excluding hydrogens is 346 g/mol. The van der Waals surface area contributed by atoms with E-state index in [4.69, 9.17) is 5.11 Å². The van der Waals surface area contributed by atoms with Crippen molar-refractivity contribution in [3.63, 3.8) is 0 Å². The number of hydrogen-bond donors (Lipinski definition) is 4. The van der Waals surface area contributed by atoms with Gasteiger partial charge in [0.1, 0.15) is 0 Å². The summed E-state index contributed by atoms with van der Waals surface area (Å²) in [7, 11) is 0. The minimum absolute atomic E-state index is 0.0468. The first-order valence-electron chi connectivity index (χ1n) is 9.24. The van der Waals surface area contributed by atoms with Crippen LogP contribution in [0.5, 0.6) is 0 Å². The molecule has 8 nitrogen and oxygen atoms in total. The van der Waals surface area contributed by atoms with Gasteiger partial charge >= 0.3 is 6.09 Å². The SMILES string of the molecule is CC(C[C@@H]1CC[C@H](c2cc(NC(=O)Cc3ccccn3)n[nH]2)C1)NC(=O)O. The molecule has 3 rings (SSSR count). The maximum absolute atomic E-state index is 12.1. The van der Waals surface area contributed by atoms with E-state index in [1.54, 1.807) is 6.20 Å². The molecule has 1 unspecified atom stereocenters.